The monoisotopic (exact) mass is 609 g/mol. The summed E-state index contributed by atoms with van der Waals surface area (Å²) in [4.78, 5) is 65.4. The number of nitrogens with one attached hydrogen (secondary N) is 3. The second kappa shape index (κ2) is 13.5. The predicted molar refractivity (Wildman–Crippen MR) is 157 cm³/mol. The third-order valence-electron chi connectivity index (χ3n) is 9.59. The number of nitrogens with two attached hydrogens (primary N) is 1. The van der Waals surface area contributed by atoms with Crippen molar-refractivity contribution in [2.45, 2.75) is 105 Å². The van der Waals surface area contributed by atoms with Gasteiger partial charge in [0, 0.05) is 12.6 Å². The van der Waals surface area contributed by atoms with Crippen LogP contribution in [0.25, 0.3) is 0 Å². The van der Waals surface area contributed by atoms with Crippen LogP contribution < -0.4 is 21.7 Å². The van der Waals surface area contributed by atoms with E-state index in [0.717, 1.165) is 19.3 Å². The fraction of sp³-hybridized carbons (Fsp3) is 0.833. The molecule has 7 atom stereocenters. The molecule has 43 heavy (non-hydrogen) atoms. The van der Waals surface area contributed by atoms with Gasteiger partial charge in [-0.25, -0.2) is 4.79 Å². The van der Waals surface area contributed by atoms with Crippen molar-refractivity contribution in [3.05, 3.63) is 0 Å². The predicted octanol–water partition coefficient (Wildman–Crippen LogP) is 0.876. The molecule has 0 bridgehead atoms. The highest BCUT2D eigenvalue weighted by molar-refractivity contribution is 6.37. The van der Waals surface area contributed by atoms with Gasteiger partial charge in [0.05, 0.1) is 19.2 Å². The highest BCUT2D eigenvalue weighted by Gasteiger charge is 2.69. The van der Waals surface area contributed by atoms with Gasteiger partial charge in [-0.1, -0.05) is 67.7 Å². The third kappa shape index (κ3) is 8.04. The SMILES string of the molecule is COC(=O)OC[C@@H](NC(O)N[C@H](C(=O)N1C[C@H]2[C@@H](C1C(=O)NC(CC1CCC1)C(=O)C(N)=O)C2(C)C)C(C)(C)C)C(C)C. The molecule has 1 heterocycles. The van der Waals surface area contributed by atoms with E-state index in [2.05, 4.69) is 34.5 Å². The van der Waals surface area contributed by atoms with Gasteiger partial charge < -0.3 is 30.5 Å². The number of aliphatic hydroxyl groups is 1. The Morgan fingerprint density at radius 3 is 2.21 bits per heavy atom. The molecule has 13 nitrogen and oxygen atoms in total. The zero-order valence-corrected chi connectivity index (χ0v) is 26.8. The number of ether oxygens (including phenoxy) is 2. The minimum atomic E-state index is -1.34. The summed E-state index contributed by atoms with van der Waals surface area (Å²) >= 11 is 0. The number of likely N-dealkylation sites (tertiary alicyclic amines) is 1. The van der Waals surface area contributed by atoms with E-state index in [1.165, 1.54) is 7.11 Å². The Morgan fingerprint density at radius 2 is 1.72 bits per heavy atom. The van der Waals surface area contributed by atoms with Crippen molar-refractivity contribution >= 4 is 29.7 Å². The standard InChI is InChI=1S/C30H51N5O8/c1-15(2)19(14-43-28(41)42-8)33-27(40)34-23(29(3,4)5)26(39)35-13-17-20(30(17,6)7)21(35)25(38)32-18(22(36)24(31)37)12-16-10-9-11-16/h15-21,23,27,33-34,40H,9-14H2,1-8H3,(H2,31,37)(H,32,38)/t17-,18?,19+,20-,21?,23+,27?/m0/s1. The summed E-state index contributed by atoms with van der Waals surface area (Å²) in [7, 11) is 1.21. The van der Waals surface area contributed by atoms with Gasteiger partial charge in [0.25, 0.3) is 5.91 Å². The number of methoxy groups -OCH3 is 1. The van der Waals surface area contributed by atoms with Crippen LogP contribution in [-0.2, 0) is 28.7 Å². The molecule has 3 unspecified atom stereocenters. The van der Waals surface area contributed by atoms with Crippen LogP contribution in [0, 0.1) is 34.5 Å². The fourth-order valence-electron chi connectivity index (χ4n) is 6.45. The number of Topliss-reactive ketones (excluding diaryl/α,β-unsaturated/α-hetero) is 1. The molecule has 0 aromatic carbocycles. The summed E-state index contributed by atoms with van der Waals surface area (Å²) in [6.07, 6.45) is 1.04. The van der Waals surface area contributed by atoms with Crippen LogP contribution in [0.3, 0.4) is 0 Å². The van der Waals surface area contributed by atoms with E-state index in [1.54, 1.807) is 4.90 Å². The van der Waals surface area contributed by atoms with Gasteiger partial charge in [-0.15, -0.1) is 0 Å². The summed E-state index contributed by atoms with van der Waals surface area (Å²) in [5.74, 6) is -2.59. The lowest BCUT2D eigenvalue weighted by Gasteiger charge is -2.39. The zero-order valence-electron chi connectivity index (χ0n) is 26.8. The molecule has 3 fully saturated rings. The minimum absolute atomic E-state index is 0.0399. The van der Waals surface area contributed by atoms with Crippen LogP contribution in [-0.4, -0.2) is 90.4 Å². The number of piperidine rings is 1. The maximum absolute atomic E-state index is 14.2. The molecule has 3 rings (SSSR count). The Labute approximate surface area is 254 Å². The first kappa shape index (κ1) is 34.7. The van der Waals surface area contributed by atoms with Gasteiger partial charge >= 0.3 is 6.16 Å². The van der Waals surface area contributed by atoms with E-state index in [4.69, 9.17) is 10.5 Å². The van der Waals surface area contributed by atoms with Crippen LogP contribution in [0.5, 0.6) is 0 Å². The smallest absolute Gasteiger partial charge is 0.438 e. The largest absolute Gasteiger partial charge is 0.508 e. The fourth-order valence-corrected chi connectivity index (χ4v) is 6.45. The average Bonchev–Trinajstić information content (AvgIpc) is 3.21. The van der Waals surface area contributed by atoms with Gasteiger partial charge in [-0.05, 0) is 40.9 Å². The van der Waals surface area contributed by atoms with Crippen molar-refractivity contribution in [2.75, 3.05) is 20.3 Å². The van der Waals surface area contributed by atoms with E-state index in [9.17, 15) is 29.1 Å². The molecule has 1 saturated heterocycles. The lowest BCUT2D eigenvalue weighted by atomic mass is 9.80. The number of hydrogen-bond acceptors (Lipinski definition) is 10. The van der Waals surface area contributed by atoms with Crippen LogP contribution in [0.15, 0.2) is 0 Å². The van der Waals surface area contributed by atoms with Crippen LogP contribution >= 0.6 is 0 Å². The van der Waals surface area contributed by atoms with Crippen molar-refractivity contribution in [2.24, 2.45) is 40.2 Å². The normalized spacial score (nSPS) is 25.5. The average molecular weight is 610 g/mol. The van der Waals surface area contributed by atoms with E-state index < -0.39 is 59.7 Å². The number of aliphatic hydroxyl groups excluding tert-OH is 1. The van der Waals surface area contributed by atoms with Gasteiger partial charge in [-0.2, -0.15) is 0 Å². The topological polar surface area (TPSA) is 189 Å². The number of carbonyl (C=O) groups excluding carboxylic acids is 5. The van der Waals surface area contributed by atoms with E-state index in [0.29, 0.717) is 13.0 Å². The van der Waals surface area contributed by atoms with E-state index in [-0.39, 0.29) is 41.6 Å². The number of amides is 3. The number of rotatable bonds is 14. The van der Waals surface area contributed by atoms with Crippen LogP contribution in [0.1, 0.15) is 74.1 Å². The zero-order chi connectivity index (χ0) is 32.4. The van der Waals surface area contributed by atoms with Crippen molar-refractivity contribution in [1.82, 2.24) is 20.9 Å². The first-order valence-corrected chi connectivity index (χ1v) is 15.3. The second-order valence-corrected chi connectivity index (χ2v) is 14.4. The molecule has 3 aliphatic rings. The summed E-state index contributed by atoms with van der Waals surface area (Å²) in [5.41, 5.74) is 4.46. The molecule has 2 aliphatic carbocycles. The van der Waals surface area contributed by atoms with Crippen LogP contribution in [0.2, 0.25) is 0 Å². The minimum Gasteiger partial charge on any atom is -0.438 e. The Balaban J connectivity index is 1.78. The first-order chi connectivity index (χ1) is 19.9. The molecule has 0 aromatic heterocycles. The Morgan fingerprint density at radius 1 is 1.09 bits per heavy atom. The lowest BCUT2D eigenvalue weighted by molar-refractivity contribution is -0.146. The maximum Gasteiger partial charge on any atom is 0.508 e. The van der Waals surface area contributed by atoms with Crippen LogP contribution in [0.4, 0.5) is 4.79 Å². The Bertz CT molecular complexity index is 1070. The molecule has 2 saturated carbocycles. The Hall–Kier alpha value is -2.77. The molecule has 3 amide bonds. The molecule has 13 heteroatoms. The van der Waals surface area contributed by atoms with Gasteiger partial charge in [-0.3, -0.25) is 29.8 Å². The van der Waals surface area contributed by atoms with E-state index in [1.807, 2.05) is 34.6 Å². The number of hydrogen-bond donors (Lipinski definition) is 5. The molecular weight excluding hydrogens is 558 g/mol. The van der Waals surface area contributed by atoms with Crippen molar-refractivity contribution in [3.8, 4) is 0 Å². The molecule has 1 aliphatic heterocycles. The molecule has 0 spiro atoms. The highest BCUT2D eigenvalue weighted by Crippen LogP contribution is 2.65. The molecule has 244 valence electrons. The third-order valence-corrected chi connectivity index (χ3v) is 9.59. The summed E-state index contributed by atoms with van der Waals surface area (Å²) in [5, 5.41) is 19.7. The van der Waals surface area contributed by atoms with Gasteiger partial charge in [0.1, 0.15) is 12.6 Å². The van der Waals surface area contributed by atoms with Crippen molar-refractivity contribution in [1.29, 1.82) is 0 Å². The summed E-state index contributed by atoms with van der Waals surface area (Å²) in [6.45, 7) is 13.7. The van der Waals surface area contributed by atoms with Gasteiger partial charge in [0.2, 0.25) is 17.6 Å². The molecule has 0 radical (unpaired) electrons. The lowest BCUT2D eigenvalue weighted by Crippen LogP contribution is -2.63. The summed E-state index contributed by atoms with van der Waals surface area (Å²) in [6, 6.07) is -3.23. The molecule has 6 N–H and O–H groups in total. The Kier molecular flexibility index (Phi) is 10.9. The van der Waals surface area contributed by atoms with E-state index >= 15 is 0 Å². The number of fused-ring (bicyclic) bond motifs is 1. The maximum atomic E-state index is 14.2. The van der Waals surface area contributed by atoms with Gasteiger partial charge in [0.15, 0.2) is 6.35 Å². The highest BCUT2D eigenvalue weighted by atomic mass is 16.7. The molecular formula is C30H51N5O8. The number of ketones is 1. The number of carbonyl (C=O) groups is 5. The second-order valence-electron chi connectivity index (χ2n) is 14.4. The quantitative estimate of drug-likeness (QED) is 0.107. The van der Waals surface area contributed by atoms with Crippen molar-refractivity contribution in [3.63, 3.8) is 0 Å². The number of primary amides is 1. The summed E-state index contributed by atoms with van der Waals surface area (Å²) < 4.78 is 9.58. The number of nitrogens with zero attached hydrogens (tertiary/aromatic N) is 1. The molecule has 0 aromatic rings. The van der Waals surface area contributed by atoms with Crippen molar-refractivity contribution < 1.29 is 38.6 Å². The first-order valence-electron chi connectivity index (χ1n) is 15.3.